The van der Waals surface area contributed by atoms with E-state index in [1.54, 1.807) is 0 Å². The van der Waals surface area contributed by atoms with Gasteiger partial charge < -0.3 is 4.74 Å². The number of ether oxygens (including phenoxy) is 1. The lowest BCUT2D eigenvalue weighted by Gasteiger charge is -2.07. The standard InChI is InChI=1S/C11H12BrF3O/c12-10-4-2-9(3-5-10)8-16-7-1-6-11(13,14)15/h2-5H,1,6-8H2. The van der Waals surface area contributed by atoms with Crippen LogP contribution >= 0.6 is 15.9 Å². The van der Waals surface area contributed by atoms with Gasteiger partial charge in [0, 0.05) is 17.5 Å². The molecule has 0 saturated heterocycles. The lowest BCUT2D eigenvalue weighted by atomic mass is 10.2. The highest BCUT2D eigenvalue weighted by atomic mass is 79.9. The van der Waals surface area contributed by atoms with Gasteiger partial charge >= 0.3 is 6.18 Å². The molecule has 0 fully saturated rings. The van der Waals surface area contributed by atoms with Gasteiger partial charge in [-0.3, -0.25) is 0 Å². The predicted molar refractivity (Wildman–Crippen MR) is 59.1 cm³/mol. The van der Waals surface area contributed by atoms with Gasteiger partial charge in [-0.25, -0.2) is 0 Å². The van der Waals surface area contributed by atoms with Gasteiger partial charge in [0.15, 0.2) is 0 Å². The summed E-state index contributed by atoms with van der Waals surface area (Å²) in [6.45, 7) is 0.487. The van der Waals surface area contributed by atoms with E-state index in [0.717, 1.165) is 10.0 Å². The second-order valence-corrected chi connectivity index (χ2v) is 4.31. The van der Waals surface area contributed by atoms with E-state index >= 15 is 0 Å². The zero-order valence-corrected chi connectivity index (χ0v) is 10.1. The van der Waals surface area contributed by atoms with E-state index < -0.39 is 12.6 Å². The van der Waals surface area contributed by atoms with Crippen LogP contribution in [0.2, 0.25) is 0 Å². The summed E-state index contributed by atoms with van der Waals surface area (Å²) in [5, 5.41) is 0. The fraction of sp³-hybridized carbons (Fsp3) is 0.455. The molecule has 1 aromatic rings. The third kappa shape index (κ3) is 6.12. The topological polar surface area (TPSA) is 9.23 Å². The molecule has 0 aliphatic carbocycles. The smallest absolute Gasteiger partial charge is 0.377 e. The Morgan fingerprint density at radius 3 is 2.31 bits per heavy atom. The van der Waals surface area contributed by atoms with E-state index in [-0.39, 0.29) is 13.0 Å². The van der Waals surface area contributed by atoms with Crippen LogP contribution in [0, 0.1) is 0 Å². The van der Waals surface area contributed by atoms with E-state index in [4.69, 9.17) is 4.74 Å². The number of benzene rings is 1. The summed E-state index contributed by atoms with van der Waals surface area (Å²) < 4.78 is 41.5. The Morgan fingerprint density at radius 1 is 1.12 bits per heavy atom. The van der Waals surface area contributed by atoms with E-state index in [1.807, 2.05) is 24.3 Å². The van der Waals surface area contributed by atoms with Crippen LogP contribution < -0.4 is 0 Å². The van der Waals surface area contributed by atoms with Crippen LogP contribution in [0.15, 0.2) is 28.7 Å². The van der Waals surface area contributed by atoms with Crippen molar-refractivity contribution >= 4 is 15.9 Å². The molecule has 0 aliphatic rings. The second-order valence-electron chi connectivity index (χ2n) is 3.40. The summed E-state index contributed by atoms with van der Waals surface area (Å²) in [4.78, 5) is 0. The number of hydrogen-bond donors (Lipinski definition) is 0. The Kier molecular flexibility index (Phi) is 5.28. The number of alkyl halides is 3. The maximum absolute atomic E-state index is 11.8. The largest absolute Gasteiger partial charge is 0.389 e. The molecule has 90 valence electrons. The normalized spacial score (nSPS) is 11.8. The van der Waals surface area contributed by atoms with Crippen LogP contribution in [0.1, 0.15) is 18.4 Å². The van der Waals surface area contributed by atoms with Crippen LogP contribution in [0.3, 0.4) is 0 Å². The Hall–Kier alpha value is -0.550. The van der Waals surface area contributed by atoms with Gasteiger partial charge in [-0.2, -0.15) is 13.2 Å². The molecule has 0 heterocycles. The highest BCUT2D eigenvalue weighted by molar-refractivity contribution is 9.10. The second kappa shape index (κ2) is 6.25. The zero-order chi connectivity index (χ0) is 12.0. The first kappa shape index (κ1) is 13.5. The third-order valence-corrected chi connectivity index (χ3v) is 2.46. The Morgan fingerprint density at radius 2 is 1.75 bits per heavy atom. The van der Waals surface area contributed by atoms with Gasteiger partial charge in [0.05, 0.1) is 6.61 Å². The van der Waals surface area contributed by atoms with Crippen molar-refractivity contribution < 1.29 is 17.9 Å². The summed E-state index contributed by atoms with van der Waals surface area (Å²) >= 11 is 3.29. The van der Waals surface area contributed by atoms with Crippen molar-refractivity contribution in [2.45, 2.75) is 25.6 Å². The first-order valence-corrected chi connectivity index (χ1v) is 5.65. The molecule has 0 unspecified atom stereocenters. The van der Waals surface area contributed by atoms with E-state index in [0.29, 0.717) is 6.61 Å². The SMILES string of the molecule is FC(F)(F)CCCOCc1ccc(Br)cc1. The molecule has 16 heavy (non-hydrogen) atoms. The molecule has 0 aromatic heterocycles. The van der Waals surface area contributed by atoms with Gasteiger partial charge in [0.2, 0.25) is 0 Å². The fourth-order valence-electron chi connectivity index (χ4n) is 1.15. The van der Waals surface area contributed by atoms with Crippen LogP contribution in [0.5, 0.6) is 0 Å². The van der Waals surface area contributed by atoms with Gasteiger partial charge in [-0.15, -0.1) is 0 Å². The molecule has 0 N–H and O–H groups in total. The molecule has 0 radical (unpaired) electrons. The maximum Gasteiger partial charge on any atom is 0.389 e. The minimum absolute atomic E-state index is 0.0139. The maximum atomic E-state index is 11.8. The Balaban J connectivity index is 2.14. The van der Waals surface area contributed by atoms with Gasteiger partial charge in [-0.1, -0.05) is 28.1 Å². The highest BCUT2D eigenvalue weighted by Crippen LogP contribution is 2.21. The van der Waals surface area contributed by atoms with Crippen LogP contribution in [0.25, 0.3) is 0 Å². The summed E-state index contributed by atoms with van der Waals surface area (Å²) in [5.74, 6) is 0. The summed E-state index contributed by atoms with van der Waals surface area (Å²) in [6.07, 6.45) is -4.85. The number of hydrogen-bond acceptors (Lipinski definition) is 1. The fourth-order valence-corrected chi connectivity index (χ4v) is 1.41. The van der Waals surface area contributed by atoms with Crippen LogP contribution in [0.4, 0.5) is 13.2 Å². The van der Waals surface area contributed by atoms with Crippen molar-refractivity contribution in [2.75, 3.05) is 6.61 Å². The molecular weight excluding hydrogens is 285 g/mol. The first-order chi connectivity index (χ1) is 7.47. The number of rotatable bonds is 5. The summed E-state index contributed by atoms with van der Waals surface area (Å²) in [6, 6.07) is 7.48. The lowest BCUT2D eigenvalue weighted by Crippen LogP contribution is -2.08. The molecule has 1 rings (SSSR count). The molecule has 1 nitrogen and oxygen atoms in total. The minimum Gasteiger partial charge on any atom is -0.377 e. The molecular formula is C11H12BrF3O. The van der Waals surface area contributed by atoms with E-state index in [9.17, 15) is 13.2 Å². The number of halogens is 4. The molecule has 0 aliphatic heterocycles. The van der Waals surface area contributed by atoms with Crippen LogP contribution in [-0.4, -0.2) is 12.8 Å². The van der Waals surface area contributed by atoms with Crippen molar-refractivity contribution in [3.05, 3.63) is 34.3 Å². The lowest BCUT2D eigenvalue weighted by molar-refractivity contribution is -0.138. The van der Waals surface area contributed by atoms with Crippen molar-refractivity contribution in [1.82, 2.24) is 0 Å². The van der Waals surface area contributed by atoms with Gasteiger partial charge in [0.25, 0.3) is 0 Å². The van der Waals surface area contributed by atoms with E-state index in [1.165, 1.54) is 0 Å². The highest BCUT2D eigenvalue weighted by Gasteiger charge is 2.25. The predicted octanol–water partition coefficient (Wildman–Crippen LogP) is 4.31. The van der Waals surface area contributed by atoms with Crippen molar-refractivity contribution in [2.24, 2.45) is 0 Å². The van der Waals surface area contributed by atoms with Crippen LogP contribution in [-0.2, 0) is 11.3 Å². The summed E-state index contributed by atoms with van der Waals surface area (Å²) in [7, 11) is 0. The monoisotopic (exact) mass is 296 g/mol. The molecule has 5 heteroatoms. The van der Waals surface area contributed by atoms with Crippen molar-refractivity contribution in [3.8, 4) is 0 Å². The molecule has 0 amide bonds. The Labute approximate surface area is 101 Å². The molecule has 1 aromatic carbocycles. The quantitative estimate of drug-likeness (QED) is 0.736. The first-order valence-electron chi connectivity index (χ1n) is 4.86. The van der Waals surface area contributed by atoms with Crippen molar-refractivity contribution in [1.29, 1.82) is 0 Å². The van der Waals surface area contributed by atoms with Gasteiger partial charge in [0.1, 0.15) is 0 Å². The summed E-state index contributed by atoms with van der Waals surface area (Å²) in [5.41, 5.74) is 0.954. The zero-order valence-electron chi connectivity index (χ0n) is 8.56. The third-order valence-electron chi connectivity index (χ3n) is 1.93. The van der Waals surface area contributed by atoms with E-state index in [2.05, 4.69) is 15.9 Å². The average molecular weight is 297 g/mol. The van der Waals surface area contributed by atoms with Gasteiger partial charge in [-0.05, 0) is 24.1 Å². The minimum atomic E-state index is -4.08. The molecule has 0 atom stereocenters. The Bertz CT molecular complexity index is 308. The molecule has 0 saturated carbocycles. The average Bonchev–Trinajstić information content (AvgIpc) is 2.19. The molecule has 0 spiro atoms. The van der Waals surface area contributed by atoms with Crippen molar-refractivity contribution in [3.63, 3.8) is 0 Å². The molecule has 0 bridgehead atoms.